The standard InChI is InChI=1S/C22H24N4O2S/c1-22(2,3)19-16-17(24-25-19)21(27)26(13-8-10-14(29-5)11-9-13)18(16)15-7-6-12-23-20(15)28-4/h6-12,18H,1-5H3,(H,24,25)/t18-/m0/s1. The van der Waals surface area contributed by atoms with E-state index in [1.165, 1.54) is 0 Å². The highest BCUT2D eigenvalue weighted by Crippen LogP contribution is 2.46. The van der Waals surface area contributed by atoms with E-state index in [-0.39, 0.29) is 17.4 Å². The average molecular weight is 409 g/mol. The van der Waals surface area contributed by atoms with Crippen molar-refractivity contribution in [2.45, 2.75) is 37.1 Å². The highest BCUT2D eigenvalue weighted by molar-refractivity contribution is 7.98. The van der Waals surface area contributed by atoms with Crippen molar-refractivity contribution < 1.29 is 9.53 Å². The van der Waals surface area contributed by atoms with E-state index >= 15 is 0 Å². The molecule has 1 N–H and O–H groups in total. The molecule has 0 spiro atoms. The van der Waals surface area contributed by atoms with Gasteiger partial charge in [-0.25, -0.2) is 4.98 Å². The van der Waals surface area contributed by atoms with E-state index in [9.17, 15) is 4.79 Å². The third-order valence-electron chi connectivity index (χ3n) is 5.15. The van der Waals surface area contributed by atoms with Gasteiger partial charge in [-0.3, -0.25) is 14.8 Å². The topological polar surface area (TPSA) is 71.1 Å². The van der Waals surface area contributed by atoms with Gasteiger partial charge < -0.3 is 4.74 Å². The molecule has 4 rings (SSSR count). The van der Waals surface area contributed by atoms with Gasteiger partial charge in [-0.05, 0) is 42.7 Å². The summed E-state index contributed by atoms with van der Waals surface area (Å²) in [5.74, 6) is 0.379. The Hall–Kier alpha value is -2.80. The first-order chi connectivity index (χ1) is 13.9. The van der Waals surface area contributed by atoms with E-state index in [2.05, 4.69) is 36.0 Å². The number of anilines is 1. The molecule has 0 bridgehead atoms. The zero-order valence-corrected chi connectivity index (χ0v) is 18.0. The predicted octanol–water partition coefficient (Wildman–Crippen LogP) is 4.58. The third kappa shape index (κ3) is 3.19. The summed E-state index contributed by atoms with van der Waals surface area (Å²) in [5.41, 5.74) is 3.75. The highest BCUT2D eigenvalue weighted by atomic mass is 32.2. The summed E-state index contributed by atoms with van der Waals surface area (Å²) in [7, 11) is 1.60. The van der Waals surface area contributed by atoms with Crippen molar-refractivity contribution >= 4 is 23.4 Å². The van der Waals surface area contributed by atoms with E-state index in [4.69, 9.17) is 4.74 Å². The van der Waals surface area contributed by atoms with Gasteiger partial charge in [-0.2, -0.15) is 5.10 Å². The van der Waals surface area contributed by atoms with Crippen molar-refractivity contribution in [3.8, 4) is 5.88 Å². The fourth-order valence-electron chi connectivity index (χ4n) is 3.80. The van der Waals surface area contributed by atoms with E-state index in [0.717, 1.165) is 27.4 Å². The van der Waals surface area contributed by atoms with Crippen LogP contribution in [0, 0.1) is 0 Å². The van der Waals surface area contributed by atoms with Gasteiger partial charge in [-0.1, -0.05) is 20.8 Å². The quantitative estimate of drug-likeness (QED) is 0.640. The summed E-state index contributed by atoms with van der Waals surface area (Å²) in [6.07, 6.45) is 3.72. The van der Waals surface area contributed by atoms with Gasteiger partial charge in [-0.15, -0.1) is 11.8 Å². The minimum absolute atomic E-state index is 0.125. The summed E-state index contributed by atoms with van der Waals surface area (Å²) in [5, 5.41) is 7.52. The number of aromatic nitrogens is 3. The summed E-state index contributed by atoms with van der Waals surface area (Å²) in [6.45, 7) is 6.33. The lowest BCUT2D eigenvalue weighted by Crippen LogP contribution is -2.30. The molecule has 0 unspecified atom stereocenters. The Bertz CT molecular complexity index is 1050. The Labute approximate surface area is 174 Å². The van der Waals surface area contributed by atoms with Crippen molar-refractivity contribution in [2.75, 3.05) is 18.3 Å². The van der Waals surface area contributed by atoms with Gasteiger partial charge in [0, 0.05) is 39.0 Å². The van der Waals surface area contributed by atoms with Gasteiger partial charge >= 0.3 is 0 Å². The van der Waals surface area contributed by atoms with E-state index in [1.807, 2.05) is 42.7 Å². The summed E-state index contributed by atoms with van der Waals surface area (Å²) < 4.78 is 5.55. The molecule has 0 aliphatic carbocycles. The molecule has 1 aliphatic heterocycles. The Kier molecular flexibility index (Phi) is 4.86. The molecule has 29 heavy (non-hydrogen) atoms. The lowest BCUT2D eigenvalue weighted by Gasteiger charge is -2.29. The van der Waals surface area contributed by atoms with Crippen LogP contribution in [0.15, 0.2) is 47.5 Å². The number of amides is 1. The van der Waals surface area contributed by atoms with Crippen LogP contribution in [-0.2, 0) is 5.41 Å². The molecule has 1 aliphatic rings. The number of ether oxygens (including phenoxy) is 1. The van der Waals surface area contributed by atoms with Gasteiger partial charge in [0.15, 0.2) is 5.69 Å². The number of benzene rings is 1. The molecular formula is C22H24N4O2S. The fraction of sp³-hybridized carbons (Fsp3) is 0.318. The number of methoxy groups -OCH3 is 1. The second-order valence-electron chi connectivity index (χ2n) is 7.99. The maximum absolute atomic E-state index is 13.5. The number of rotatable bonds is 4. The molecule has 1 atom stereocenters. The number of nitrogens with zero attached hydrogens (tertiary/aromatic N) is 3. The maximum Gasteiger partial charge on any atom is 0.280 e. The number of H-pyrrole nitrogens is 1. The van der Waals surface area contributed by atoms with E-state index < -0.39 is 0 Å². The second kappa shape index (κ2) is 7.22. The number of hydrogen-bond donors (Lipinski definition) is 1. The first-order valence-corrected chi connectivity index (χ1v) is 10.6. The molecule has 0 saturated carbocycles. The minimum Gasteiger partial charge on any atom is -0.481 e. The molecule has 0 fully saturated rings. The summed E-state index contributed by atoms with van der Waals surface area (Å²) in [4.78, 5) is 20.8. The molecule has 3 aromatic rings. The smallest absolute Gasteiger partial charge is 0.280 e. The molecule has 6 nitrogen and oxygen atoms in total. The van der Waals surface area contributed by atoms with Crippen molar-refractivity contribution in [1.29, 1.82) is 0 Å². The van der Waals surface area contributed by atoms with Crippen LogP contribution < -0.4 is 9.64 Å². The zero-order valence-electron chi connectivity index (χ0n) is 17.2. The van der Waals surface area contributed by atoms with Crippen LogP contribution in [0.5, 0.6) is 5.88 Å². The first-order valence-electron chi connectivity index (χ1n) is 9.42. The molecule has 2 aromatic heterocycles. The van der Waals surface area contributed by atoms with Gasteiger partial charge in [0.1, 0.15) is 0 Å². The number of aromatic amines is 1. The molecular weight excluding hydrogens is 384 g/mol. The van der Waals surface area contributed by atoms with Gasteiger partial charge in [0.25, 0.3) is 5.91 Å². The van der Waals surface area contributed by atoms with Crippen LogP contribution >= 0.6 is 11.8 Å². The number of thioether (sulfide) groups is 1. The Morgan fingerprint density at radius 2 is 1.90 bits per heavy atom. The molecule has 1 aromatic carbocycles. The fourth-order valence-corrected chi connectivity index (χ4v) is 4.21. The molecule has 1 amide bonds. The summed E-state index contributed by atoms with van der Waals surface area (Å²) in [6, 6.07) is 11.5. The molecule has 0 radical (unpaired) electrons. The second-order valence-corrected chi connectivity index (χ2v) is 8.87. The molecule has 3 heterocycles. The largest absolute Gasteiger partial charge is 0.481 e. The molecule has 150 valence electrons. The number of carbonyl (C=O) groups excluding carboxylic acids is 1. The van der Waals surface area contributed by atoms with E-state index in [1.54, 1.807) is 30.0 Å². The van der Waals surface area contributed by atoms with Crippen LogP contribution in [-0.4, -0.2) is 34.5 Å². The number of fused-ring (bicyclic) bond motifs is 1. The van der Waals surface area contributed by atoms with Crippen molar-refractivity contribution in [3.05, 3.63) is 65.1 Å². The van der Waals surface area contributed by atoms with Crippen molar-refractivity contribution in [2.24, 2.45) is 0 Å². The third-order valence-corrected chi connectivity index (χ3v) is 5.89. The predicted molar refractivity (Wildman–Crippen MR) is 115 cm³/mol. The maximum atomic E-state index is 13.5. The number of nitrogens with one attached hydrogen (secondary N) is 1. The van der Waals surface area contributed by atoms with Gasteiger partial charge in [0.05, 0.1) is 13.2 Å². The van der Waals surface area contributed by atoms with E-state index in [0.29, 0.717) is 11.6 Å². The lowest BCUT2D eigenvalue weighted by molar-refractivity contribution is 0.0988. The lowest BCUT2D eigenvalue weighted by atomic mass is 9.86. The molecule has 0 saturated heterocycles. The monoisotopic (exact) mass is 408 g/mol. The van der Waals surface area contributed by atoms with Crippen LogP contribution in [0.25, 0.3) is 0 Å². The van der Waals surface area contributed by atoms with Crippen LogP contribution in [0.2, 0.25) is 0 Å². The van der Waals surface area contributed by atoms with Crippen molar-refractivity contribution in [1.82, 2.24) is 15.2 Å². The van der Waals surface area contributed by atoms with Crippen LogP contribution in [0.1, 0.15) is 54.1 Å². The summed E-state index contributed by atoms with van der Waals surface area (Å²) >= 11 is 1.67. The Morgan fingerprint density at radius 1 is 1.17 bits per heavy atom. The number of pyridine rings is 1. The van der Waals surface area contributed by atoms with Crippen LogP contribution in [0.3, 0.4) is 0 Å². The normalized spacial score (nSPS) is 16.2. The van der Waals surface area contributed by atoms with Crippen molar-refractivity contribution in [3.63, 3.8) is 0 Å². The average Bonchev–Trinajstić information content (AvgIpc) is 3.27. The highest BCUT2D eigenvalue weighted by Gasteiger charge is 2.46. The SMILES string of the molecule is COc1ncccc1[C@H]1c2c(n[nH]c2C(C)(C)C)C(=O)N1c1ccc(SC)cc1. The Morgan fingerprint density at radius 3 is 2.52 bits per heavy atom. The Balaban J connectivity index is 1.95. The van der Waals surface area contributed by atoms with Crippen LogP contribution in [0.4, 0.5) is 5.69 Å². The number of carbonyl (C=O) groups is 1. The first kappa shape index (κ1) is 19.5. The minimum atomic E-state index is -0.366. The zero-order chi connectivity index (χ0) is 20.8. The molecule has 7 heteroatoms. The number of hydrogen-bond acceptors (Lipinski definition) is 5. The van der Waals surface area contributed by atoms with Gasteiger partial charge in [0.2, 0.25) is 5.88 Å².